The number of carbonyl (C=O) groups is 2. The van der Waals surface area contributed by atoms with Crippen LogP contribution in [0.5, 0.6) is 0 Å². The van der Waals surface area contributed by atoms with E-state index in [1.807, 2.05) is 0 Å². The van der Waals surface area contributed by atoms with Gasteiger partial charge in [0.25, 0.3) is 0 Å². The van der Waals surface area contributed by atoms with Gasteiger partial charge in [-0.3, -0.25) is 9.59 Å². The summed E-state index contributed by atoms with van der Waals surface area (Å²) in [4.78, 5) is 23.8. The number of hydrogen-bond acceptors (Lipinski definition) is 3. The molecular formula is C17H32O4. The van der Waals surface area contributed by atoms with Crippen LogP contribution < -0.4 is 0 Å². The molecule has 0 aromatic rings. The zero-order valence-corrected chi connectivity index (χ0v) is 14.1. The van der Waals surface area contributed by atoms with Crippen molar-refractivity contribution in [3.8, 4) is 0 Å². The molecular weight excluding hydrogens is 268 g/mol. The Kier molecular flexibility index (Phi) is 10.1. The van der Waals surface area contributed by atoms with Gasteiger partial charge in [-0.1, -0.05) is 53.4 Å². The fourth-order valence-electron chi connectivity index (χ4n) is 2.58. The highest BCUT2D eigenvalue weighted by atomic mass is 16.5. The minimum atomic E-state index is -1.38. The number of hydrogen-bond donors (Lipinski definition) is 1. The zero-order valence-electron chi connectivity index (χ0n) is 14.1. The van der Waals surface area contributed by atoms with Gasteiger partial charge < -0.3 is 9.84 Å². The predicted octanol–water partition coefficient (Wildman–Crippen LogP) is 4.56. The molecule has 0 spiro atoms. The lowest BCUT2D eigenvalue weighted by Gasteiger charge is -2.27. The summed E-state index contributed by atoms with van der Waals surface area (Å²) in [7, 11) is 0. The highest BCUT2D eigenvalue weighted by Crippen LogP contribution is 2.30. The highest BCUT2D eigenvalue weighted by molar-refractivity contribution is 5.99. The lowest BCUT2D eigenvalue weighted by molar-refractivity contribution is -0.173. The molecule has 1 N–H and O–H groups in total. The third-order valence-electron chi connectivity index (χ3n) is 4.27. The Morgan fingerprint density at radius 1 is 0.952 bits per heavy atom. The first-order valence-corrected chi connectivity index (χ1v) is 8.42. The summed E-state index contributed by atoms with van der Waals surface area (Å²) < 4.78 is 5.56. The molecule has 124 valence electrons. The van der Waals surface area contributed by atoms with Gasteiger partial charge in [-0.2, -0.15) is 0 Å². The van der Waals surface area contributed by atoms with E-state index in [4.69, 9.17) is 4.74 Å². The second kappa shape index (κ2) is 10.6. The van der Waals surface area contributed by atoms with Gasteiger partial charge in [-0.25, -0.2) is 0 Å². The van der Waals surface area contributed by atoms with E-state index in [0.717, 1.165) is 32.1 Å². The maximum Gasteiger partial charge on any atom is 0.323 e. The van der Waals surface area contributed by atoms with E-state index >= 15 is 0 Å². The molecule has 21 heavy (non-hydrogen) atoms. The van der Waals surface area contributed by atoms with E-state index in [1.54, 1.807) is 13.8 Å². The molecule has 0 saturated heterocycles. The molecule has 0 amide bonds. The van der Waals surface area contributed by atoms with E-state index in [2.05, 4.69) is 13.8 Å². The topological polar surface area (TPSA) is 63.6 Å². The molecule has 0 heterocycles. The van der Waals surface area contributed by atoms with Crippen LogP contribution in [0.15, 0.2) is 0 Å². The Balaban J connectivity index is 4.66. The van der Waals surface area contributed by atoms with Gasteiger partial charge in [-0.05, 0) is 32.1 Å². The molecule has 0 aromatic carbocycles. The van der Waals surface area contributed by atoms with Crippen LogP contribution in [0.2, 0.25) is 0 Å². The Morgan fingerprint density at radius 3 is 2.00 bits per heavy atom. The molecule has 0 aliphatic carbocycles. The van der Waals surface area contributed by atoms with E-state index in [1.165, 1.54) is 12.8 Å². The van der Waals surface area contributed by atoms with Crippen molar-refractivity contribution < 1.29 is 19.4 Å². The number of ether oxygens (including phenoxy) is 1. The Labute approximate surface area is 129 Å². The third-order valence-corrected chi connectivity index (χ3v) is 4.27. The number of carbonyl (C=O) groups excluding carboxylic acids is 1. The molecule has 1 atom stereocenters. The monoisotopic (exact) mass is 300 g/mol. The summed E-state index contributed by atoms with van der Waals surface area (Å²) in [6.07, 6.45) is 7.51. The van der Waals surface area contributed by atoms with Crippen molar-refractivity contribution in [2.24, 2.45) is 5.41 Å². The average Bonchev–Trinajstić information content (AvgIpc) is 2.45. The molecule has 0 aliphatic heterocycles. The van der Waals surface area contributed by atoms with E-state index in [9.17, 15) is 14.7 Å². The Bertz CT molecular complexity index is 308. The fourth-order valence-corrected chi connectivity index (χ4v) is 2.58. The molecule has 0 aromatic heterocycles. The highest BCUT2D eigenvalue weighted by Gasteiger charge is 2.45. The van der Waals surface area contributed by atoms with Crippen molar-refractivity contribution in [3.05, 3.63) is 0 Å². The van der Waals surface area contributed by atoms with Crippen LogP contribution in [0.3, 0.4) is 0 Å². The SMILES string of the molecule is CCCCCCC(CCC)OC(=O)C(CC)(CC)C(=O)O. The van der Waals surface area contributed by atoms with E-state index in [-0.39, 0.29) is 18.9 Å². The predicted molar refractivity (Wildman–Crippen MR) is 84.2 cm³/mol. The molecule has 0 aliphatic rings. The molecule has 0 saturated carbocycles. The summed E-state index contributed by atoms with van der Waals surface area (Å²) in [5, 5.41) is 9.38. The first-order chi connectivity index (χ1) is 9.98. The van der Waals surface area contributed by atoms with Crippen LogP contribution in [0.1, 0.15) is 85.5 Å². The molecule has 1 unspecified atom stereocenters. The summed E-state index contributed by atoms with van der Waals surface area (Å²) in [5.41, 5.74) is -1.38. The first kappa shape index (κ1) is 19.9. The van der Waals surface area contributed by atoms with Gasteiger partial charge in [0.05, 0.1) is 0 Å². The second-order valence-corrected chi connectivity index (χ2v) is 5.76. The van der Waals surface area contributed by atoms with Gasteiger partial charge in [0.15, 0.2) is 5.41 Å². The lowest BCUT2D eigenvalue weighted by Crippen LogP contribution is -2.41. The number of rotatable bonds is 12. The number of aliphatic carboxylic acids is 1. The smallest absolute Gasteiger partial charge is 0.323 e. The normalized spacial score (nSPS) is 13.0. The van der Waals surface area contributed by atoms with Gasteiger partial charge in [-0.15, -0.1) is 0 Å². The Hall–Kier alpha value is -1.06. The Morgan fingerprint density at radius 2 is 1.57 bits per heavy atom. The minimum Gasteiger partial charge on any atom is -0.480 e. The van der Waals surface area contributed by atoms with Gasteiger partial charge >= 0.3 is 11.9 Å². The summed E-state index contributed by atoms with van der Waals surface area (Å²) in [6.45, 7) is 7.67. The summed E-state index contributed by atoms with van der Waals surface area (Å²) in [5.74, 6) is -1.63. The quantitative estimate of drug-likeness (QED) is 0.326. The fraction of sp³-hybridized carbons (Fsp3) is 0.882. The van der Waals surface area contributed by atoms with Crippen molar-refractivity contribution in [3.63, 3.8) is 0 Å². The zero-order chi connectivity index (χ0) is 16.3. The van der Waals surface area contributed by atoms with Crippen LogP contribution in [0.25, 0.3) is 0 Å². The number of unbranched alkanes of at least 4 members (excludes halogenated alkanes) is 3. The van der Waals surface area contributed by atoms with Crippen LogP contribution in [0, 0.1) is 5.41 Å². The maximum absolute atomic E-state index is 12.3. The molecule has 4 heteroatoms. The van der Waals surface area contributed by atoms with Crippen LogP contribution >= 0.6 is 0 Å². The van der Waals surface area contributed by atoms with Gasteiger partial charge in [0, 0.05) is 0 Å². The summed E-state index contributed by atoms with van der Waals surface area (Å²) in [6, 6.07) is 0. The largest absolute Gasteiger partial charge is 0.480 e. The standard InChI is InChI=1S/C17H32O4/c1-5-9-10-11-13-14(12-6-2)21-16(20)17(7-3,8-4)15(18)19/h14H,5-13H2,1-4H3,(H,18,19). The molecule has 0 rings (SSSR count). The number of carboxylic acid groups (broad SMARTS) is 1. The number of carboxylic acids is 1. The lowest BCUT2D eigenvalue weighted by atomic mass is 9.82. The van der Waals surface area contributed by atoms with Crippen LogP contribution in [-0.4, -0.2) is 23.1 Å². The van der Waals surface area contributed by atoms with E-state index < -0.39 is 17.4 Å². The molecule has 0 fully saturated rings. The minimum absolute atomic E-state index is 0.142. The van der Waals surface area contributed by atoms with Crippen molar-refractivity contribution in [1.82, 2.24) is 0 Å². The van der Waals surface area contributed by atoms with E-state index in [0.29, 0.717) is 0 Å². The first-order valence-electron chi connectivity index (χ1n) is 8.42. The van der Waals surface area contributed by atoms with Crippen molar-refractivity contribution >= 4 is 11.9 Å². The third kappa shape index (κ3) is 6.06. The maximum atomic E-state index is 12.3. The molecule has 0 bridgehead atoms. The second-order valence-electron chi connectivity index (χ2n) is 5.76. The van der Waals surface area contributed by atoms with Gasteiger partial charge in [0.2, 0.25) is 0 Å². The average molecular weight is 300 g/mol. The molecule has 0 radical (unpaired) electrons. The summed E-state index contributed by atoms with van der Waals surface area (Å²) >= 11 is 0. The van der Waals surface area contributed by atoms with Crippen molar-refractivity contribution in [2.45, 2.75) is 91.6 Å². The van der Waals surface area contributed by atoms with Crippen molar-refractivity contribution in [2.75, 3.05) is 0 Å². The van der Waals surface area contributed by atoms with Gasteiger partial charge in [0.1, 0.15) is 6.10 Å². The molecule has 4 nitrogen and oxygen atoms in total. The van der Waals surface area contributed by atoms with Crippen LogP contribution in [-0.2, 0) is 14.3 Å². The number of esters is 1. The van der Waals surface area contributed by atoms with Crippen LogP contribution in [0.4, 0.5) is 0 Å². The van der Waals surface area contributed by atoms with Crippen molar-refractivity contribution in [1.29, 1.82) is 0 Å².